The van der Waals surface area contributed by atoms with Gasteiger partial charge in [0, 0.05) is 19.7 Å². The molecule has 0 N–H and O–H groups in total. The standard InChI is InChI=1S/C9H15NO2/c1-10(7-4-5-7)9(11)8-3-2-6-12-8/h7-8H,2-6H2,1H3. The highest BCUT2D eigenvalue weighted by Gasteiger charge is 2.34. The van der Waals surface area contributed by atoms with Gasteiger partial charge in [0.25, 0.3) is 5.91 Å². The number of likely N-dealkylation sites (N-methyl/N-ethyl adjacent to an activating group) is 1. The molecular formula is C9H15NO2. The summed E-state index contributed by atoms with van der Waals surface area (Å²) in [7, 11) is 1.89. The Kier molecular flexibility index (Phi) is 2.05. The normalized spacial score (nSPS) is 28.9. The van der Waals surface area contributed by atoms with Gasteiger partial charge in [0.05, 0.1) is 0 Å². The smallest absolute Gasteiger partial charge is 0.251 e. The second kappa shape index (κ2) is 3.05. The Labute approximate surface area is 72.7 Å². The van der Waals surface area contributed by atoms with Crippen molar-refractivity contribution >= 4 is 5.91 Å². The van der Waals surface area contributed by atoms with Crippen LogP contribution < -0.4 is 0 Å². The fourth-order valence-electron chi connectivity index (χ4n) is 1.64. The Morgan fingerprint density at radius 1 is 1.42 bits per heavy atom. The number of hydrogen-bond donors (Lipinski definition) is 0. The zero-order valence-electron chi connectivity index (χ0n) is 7.45. The van der Waals surface area contributed by atoms with Crippen LogP contribution in [0.3, 0.4) is 0 Å². The van der Waals surface area contributed by atoms with Crippen LogP contribution in [0.2, 0.25) is 0 Å². The van der Waals surface area contributed by atoms with E-state index in [9.17, 15) is 4.79 Å². The number of nitrogens with zero attached hydrogens (tertiary/aromatic N) is 1. The molecule has 1 saturated carbocycles. The lowest BCUT2D eigenvalue weighted by Crippen LogP contribution is -2.37. The molecule has 0 spiro atoms. The van der Waals surface area contributed by atoms with E-state index < -0.39 is 0 Å². The van der Waals surface area contributed by atoms with Crippen molar-refractivity contribution in [2.24, 2.45) is 0 Å². The van der Waals surface area contributed by atoms with Gasteiger partial charge >= 0.3 is 0 Å². The third-order valence-corrected chi connectivity index (χ3v) is 2.65. The Morgan fingerprint density at radius 2 is 2.17 bits per heavy atom. The Balaban J connectivity index is 1.88. The maximum Gasteiger partial charge on any atom is 0.251 e. The van der Waals surface area contributed by atoms with E-state index in [0.29, 0.717) is 6.04 Å². The lowest BCUT2D eigenvalue weighted by Gasteiger charge is -2.19. The molecule has 0 aromatic carbocycles. The maximum absolute atomic E-state index is 11.6. The van der Waals surface area contributed by atoms with Gasteiger partial charge in [-0.1, -0.05) is 0 Å². The van der Waals surface area contributed by atoms with Crippen molar-refractivity contribution in [1.82, 2.24) is 4.90 Å². The molecule has 1 aliphatic heterocycles. The summed E-state index contributed by atoms with van der Waals surface area (Å²) in [5.41, 5.74) is 0. The molecule has 1 atom stereocenters. The van der Waals surface area contributed by atoms with Crippen molar-refractivity contribution in [1.29, 1.82) is 0 Å². The number of carbonyl (C=O) groups is 1. The predicted molar refractivity (Wildman–Crippen MR) is 44.8 cm³/mol. The monoisotopic (exact) mass is 169 g/mol. The molecule has 0 aromatic heterocycles. The summed E-state index contributed by atoms with van der Waals surface area (Å²) in [6.45, 7) is 0.759. The van der Waals surface area contributed by atoms with Crippen LogP contribution in [-0.2, 0) is 9.53 Å². The van der Waals surface area contributed by atoms with Crippen LogP contribution in [0.1, 0.15) is 25.7 Å². The van der Waals surface area contributed by atoms with Crippen LogP contribution >= 0.6 is 0 Å². The first-order valence-electron chi connectivity index (χ1n) is 4.67. The van der Waals surface area contributed by atoms with E-state index in [-0.39, 0.29) is 12.0 Å². The number of rotatable bonds is 2. The molecule has 1 unspecified atom stereocenters. The molecule has 1 heterocycles. The van der Waals surface area contributed by atoms with E-state index in [2.05, 4.69) is 0 Å². The molecule has 1 aliphatic carbocycles. The highest BCUT2D eigenvalue weighted by molar-refractivity contribution is 5.81. The Hall–Kier alpha value is -0.570. The number of carbonyl (C=O) groups excluding carboxylic acids is 1. The fourth-order valence-corrected chi connectivity index (χ4v) is 1.64. The van der Waals surface area contributed by atoms with Gasteiger partial charge in [-0.25, -0.2) is 0 Å². The first kappa shape index (κ1) is 8.05. The average molecular weight is 169 g/mol. The Bertz CT molecular complexity index is 179. The minimum atomic E-state index is -0.129. The van der Waals surface area contributed by atoms with Crippen LogP contribution in [0.5, 0.6) is 0 Å². The van der Waals surface area contributed by atoms with E-state index in [1.165, 1.54) is 12.8 Å². The highest BCUT2D eigenvalue weighted by atomic mass is 16.5. The van der Waals surface area contributed by atoms with Gasteiger partial charge in [-0.3, -0.25) is 4.79 Å². The van der Waals surface area contributed by atoms with Crippen molar-refractivity contribution < 1.29 is 9.53 Å². The van der Waals surface area contributed by atoms with E-state index in [0.717, 1.165) is 19.4 Å². The minimum Gasteiger partial charge on any atom is -0.368 e. The zero-order chi connectivity index (χ0) is 8.55. The van der Waals surface area contributed by atoms with Gasteiger partial charge in [0.1, 0.15) is 6.10 Å². The SMILES string of the molecule is CN(C(=O)C1CCCO1)C1CC1. The molecule has 2 rings (SSSR count). The van der Waals surface area contributed by atoms with Gasteiger partial charge < -0.3 is 9.64 Å². The third kappa shape index (κ3) is 1.46. The van der Waals surface area contributed by atoms with Crippen LogP contribution in [0.15, 0.2) is 0 Å². The summed E-state index contributed by atoms with van der Waals surface area (Å²) in [6.07, 6.45) is 4.17. The first-order chi connectivity index (χ1) is 5.79. The first-order valence-corrected chi connectivity index (χ1v) is 4.67. The molecule has 1 amide bonds. The highest BCUT2D eigenvalue weighted by Crippen LogP contribution is 2.27. The molecule has 2 fully saturated rings. The second-order valence-corrected chi connectivity index (χ2v) is 3.68. The molecule has 0 bridgehead atoms. The lowest BCUT2D eigenvalue weighted by molar-refractivity contribution is -0.140. The summed E-state index contributed by atoms with van der Waals surface area (Å²) < 4.78 is 5.32. The molecule has 2 aliphatic rings. The molecule has 12 heavy (non-hydrogen) atoms. The third-order valence-electron chi connectivity index (χ3n) is 2.65. The molecule has 0 aromatic rings. The average Bonchev–Trinajstić information content (AvgIpc) is 2.79. The topological polar surface area (TPSA) is 29.5 Å². The van der Waals surface area contributed by atoms with E-state index >= 15 is 0 Å². The summed E-state index contributed by atoms with van der Waals surface area (Å²) in [4.78, 5) is 13.5. The maximum atomic E-state index is 11.6. The molecule has 68 valence electrons. The molecule has 3 nitrogen and oxygen atoms in total. The van der Waals surface area contributed by atoms with Crippen LogP contribution in [0, 0.1) is 0 Å². The van der Waals surface area contributed by atoms with Crippen LogP contribution in [0.4, 0.5) is 0 Å². The molecule has 3 heteroatoms. The van der Waals surface area contributed by atoms with E-state index in [4.69, 9.17) is 4.74 Å². The van der Waals surface area contributed by atoms with Gasteiger partial charge in [-0.05, 0) is 25.7 Å². The largest absolute Gasteiger partial charge is 0.368 e. The number of hydrogen-bond acceptors (Lipinski definition) is 2. The number of amides is 1. The minimum absolute atomic E-state index is 0.129. The quantitative estimate of drug-likeness (QED) is 0.611. The van der Waals surface area contributed by atoms with Crippen molar-refractivity contribution in [3.8, 4) is 0 Å². The molecular weight excluding hydrogens is 154 g/mol. The zero-order valence-corrected chi connectivity index (χ0v) is 7.45. The van der Waals surface area contributed by atoms with E-state index in [1.54, 1.807) is 0 Å². The van der Waals surface area contributed by atoms with Crippen LogP contribution in [-0.4, -0.2) is 36.6 Å². The van der Waals surface area contributed by atoms with Crippen molar-refractivity contribution in [3.63, 3.8) is 0 Å². The van der Waals surface area contributed by atoms with Crippen molar-refractivity contribution in [3.05, 3.63) is 0 Å². The van der Waals surface area contributed by atoms with Gasteiger partial charge in [0.15, 0.2) is 0 Å². The summed E-state index contributed by atoms with van der Waals surface area (Å²) in [5, 5.41) is 0. The van der Waals surface area contributed by atoms with E-state index in [1.807, 2.05) is 11.9 Å². The molecule has 0 radical (unpaired) electrons. The van der Waals surface area contributed by atoms with Gasteiger partial charge in [0.2, 0.25) is 0 Å². The number of ether oxygens (including phenoxy) is 1. The second-order valence-electron chi connectivity index (χ2n) is 3.68. The fraction of sp³-hybridized carbons (Fsp3) is 0.889. The van der Waals surface area contributed by atoms with Crippen molar-refractivity contribution in [2.45, 2.75) is 37.8 Å². The van der Waals surface area contributed by atoms with Crippen molar-refractivity contribution in [2.75, 3.05) is 13.7 Å². The van der Waals surface area contributed by atoms with Crippen LogP contribution in [0.25, 0.3) is 0 Å². The summed E-state index contributed by atoms with van der Waals surface area (Å²) in [6, 6.07) is 0.515. The molecule has 1 saturated heterocycles. The predicted octanol–water partition coefficient (Wildman–Crippen LogP) is 0.786. The summed E-state index contributed by atoms with van der Waals surface area (Å²) in [5.74, 6) is 0.190. The van der Waals surface area contributed by atoms with Gasteiger partial charge in [-0.15, -0.1) is 0 Å². The summed E-state index contributed by atoms with van der Waals surface area (Å²) >= 11 is 0. The lowest BCUT2D eigenvalue weighted by atomic mass is 10.2. The Morgan fingerprint density at radius 3 is 2.67 bits per heavy atom. The van der Waals surface area contributed by atoms with Gasteiger partial charge in [-0.2, -0.15) is 0 Å².